The molecule has 0 aliphatic heterocycles. The highest BCUT2D eigenvalue weighted by atomic mass is 16.5. The van der Waals surface area contributed by atoms with Crippen molar-refractivity contribution in [2.45, 2.75) is 19.8 Å². The third-order valence-corrected chi connectivity index (χ3v) is 1.74. The number of hydrogen-bond donors (Lipinski definition) is 1. The van der Waals surface area contributed by atoms with E-state index in [4.69, 9.17) is 0 Å². The van der Waals surface area contributed by atoms with Crippen LogP contribution in [0.4, 0.5) is 0 Å². The van der Waals surface area contributed by atoms with E-state index in [1.807, 2.05) is 0 Å². The lowest BCUT2D eigenvalue weighted by Crippen LogP contribution is -2.25. The first-order valence-corrected chi connectivity index (χ1v) is 4.21. The number of amides is 1. The Morgan fingerprint density at radius 1 is 1.46 bits per heavy atom. The smallest absolute Gasteiger partial charge is 0.354 e. The Morgan fingerprint density at radius 3 is 2.46 bits per heavy atom. The summed E-state index contributed by atoms with van der Waals surface area (Å²) in [6, 6.07) is 0. The van der Waals surface area contributed by atoms with Gasteiger partial charge in [0.2, 0.25) is 5.91 Å². The topological polar surface area (TPSA) is 55.4 Å². The molecule has 0 unspecified atom stereocenters. The van der Waals surface area contributed by atoms with Crippen molar-refractivity contribution in [2.75, 3.05) is 7.11 Å². The lowest BCUT2D eigenvalue weighted by molar-refractivity contribution is -0.137. The summed E-state index contributed by atoms with van der Waals surface area (Å²) in [6.45, 7) is 1.36. The van der Waals surface area contributed by atoms with Gasteiger partial charge < -0.3 is 10.1 Å². The van der Waals surface area contributed by atoms with Crippen LogP contribution in [0.1, 0.15) is 19.8 Å². The molecule has 0 atom stereocenters. The van der Waals surface area contributed by atoms with Gasteiger partial charge in [0.1, 0.15) is 5.70 Å². The van der Waals surface area contributed by atoms with E-state index in [1.165, 1.54) is 14.0 Å². The highest BCUT2D eigenvalue weighted by Crippen LogP contribution is 2.31. The normalized spacial score (nSPS) is 16.6. The molecule has 0 heterocycles. The SMILES string of the molecule is COC(=O)C(=CC1CC1)NC(C)=O. The van der Waals surface area contributed by atoms with Crippen LogP contribution >= 0.6 is 0 Å². The molecule has 0 aromatic carbocycles. The molecule has 1 saturated carbocycles. The Kier molecular flexibility index (Phi) is 3.06. The number of esters is 1. The monoisotopic (exact) mass is 183 g/mol. The fourth-order valence-corrected chi connectivity index (χ4v) is 0.959. The van der Waals surface area contributed by atoms with E-state index in [2.05, 4.69) is 10.1 Å². The predicted molar refractivity (Wildman–Crippen MR) is 46.6 cm³/mol. The third kappa shape index (κ3) is 3.27. The molecule has 72 valence electrons. The second-order valence-electron chi connectivity index (χ2n) is 3.09. The summed E-state index contributed by atoms with van der Waals surface area (Å²) >= 11 is 0. The molecule has 0 radical (unpaired) electrons. The Labute approximate surface area is 76.9 Å². The first kappa shape index (κ1) is 9.77. The van der Waals surface area contributed by atoms with Crippen LogP contribution < -0.4 is 5.32 Å². The number of nitrogens with one attached hydrogen (secondary N) is 1. The summed E-state index contributed by atoms with van der Waals surface area (Å²) < 4.78 is 4.52. The average molecular weight is 183 g/mol. The Hall–Kier alpha value is -1.32. The fraction of sp³-hybridized carbons (Fsp3) is 0.556. The van der Waals surface area contributed by atoms with Crippen molar-refractivity contribution in [3.63, 3.8) is 0 Å². The molecule has 1 amide bonds. The molecule has 1 fully saturated rings. The van der Waals surface area contributed by atoms with Crippen LogP contribution in [-0.2, 0) is 14.3 Å². The summed E-state index contributed by atoms with van der Waals surface area (Å²) in [7, 11) is 1.30. The minimum absolute atomic E-state index is 0.252. The molecular formula is C9H13NO3. The zero-order valence-corrected chi connectivity index (χ0v) is 7.79. The van der Waals surface area contributed by atoms with Gasteiger partial charge >= 0.3 is 5.97 Å². The standard InChI is InChI=1S/C9H13NO3/c1-6(11)10-8(9(12)13-2)5-7-3-4-7/h5,7H,3-4H2,1-2H3,(H,10,11). The van der Waals surface area contributed by atoms with E-state index >= 15 is 0 Å². The third-order valence-electron chi connectivity index (χ3n) is 1.74. The summed E-state index contributed by atoms with van der Waals surface area (Å²) in [4.78, 5) is 21.8. The van der Waals surface area contributed by atoms with Crippen LogP contribution in [-0.4, -0.2) is 19.0 Å². The van der Waals surface area contributed by atoms with Gasteiger partial charge in [-0.25, -0.2) is 4.79 Å². The molecule has 4 heteroatoms. The van der Waals surface area contributed by atoms with E-state index in [0.717, 1.165) is 12.8 Å². The van der Waals surface area contributed by atoms with Crippen LogP contribution in [0.3, 0.4) is 0 Å². The maximum Gasteiger partial charge on any atom is 0.354 e. The lowest BCUT2D eigenvalue weighted by Gasteiger charge is -2.04. The van der Waals surface area contributed by atoms with E-state index in [0.29, 0.717) is 5.92 Å². The van der Waals surface area contributed by atoms with Crippen LogP contribution in [0.5, 0.6) is 0 Å². The molecular weight excluding hydrogens is 170 g/mol. The molecule has 0 spiro atoms. The Bertz CT molecular complexity index is 254. The van der Waals surface area contributed by atoms with Crippen molar-refractivity contribution in [1.29, 1.82) is 0 Å². The Balaban J connectivity index is 2.62. The highest BCUT2D eigenvalue weighted by Gasteiger charge is 2.22. The van der Waals surface area contributed by atoms with Gasteiger partial charge in [0.05, 0.1) is 7.11 Å². The molecule has 0 bridgehead atoms. The fourth-order valence-electron chi connectivity index (χ4n) is 0.959. The molecule has 1 aliphatic rings. The number of carbonyl (C=O) groups is 2. The number of ether oxygens (including phenoxy) is 1. The van der Waals surface area contributed by atoms with E-state index in [1.54, 1.807) is 6.08 Å². The van der Waals surface area contributed by atoms with Gasteiger partial charge in [-0.15, -0.1) is 0 Å². The van der Waals surface area contributed by atoms with E-state index in [-0.39, 0.29) is 11.6 Å². The summed E-state index contributed by atoms with van der Waals surface area (Å²) in [5, 5.41) is 2.45. The van der Waals surface area contributed by atoms with Gasteiger partial charge in [0.15, 0.2) is 0 Å². The number of carbonyl (C=O) groups excluding carboxylic acids is 2. The first-order valence-electron chi connectivity index (χ1n) is 4.21. The van der Waals surface area contributed by atoms with Crippen molar-refractivity contribution in [1.82, 2.24) is 5.32 Å². The summed E-state index contributed by atoms with van der Waals surface area (Å²) in [5.41, 5.74) is 0.262. The molecule has 13 heavy (non-hydrogen) atoms. The zero-order chi connectivity index (χ0) is 9.84. The maximum atomic E-state index is 11.1. The van der Waals surface area contributed by atoms with Crippen molar-refractivity contribution >= 4 is 11.9 Å². The van der Waals surface area contributed by atoms with E-state index < -0.39 is 5.97 Å². The molecule has 0 aromatic rings. The maximum absolute atomic E-state index is 11.1. The second-order valence-corrected chi connectivity index (χ2v) is 3.09. The summed E-state index contributed by atoms with van der Waals surface area (Å²) in [5.74, 6) is -0.305. The molecule has 1 rings (SSSR count). The second kappa shape index (κ2) is 4.07. The first-order chi connectivity index (χ1) is 6.13. The lowest BCUT2D eigenvalue weighted by atomic mass is 10.3. The van der Waals surface area contributed by atoms with Crippen molar-refractivity contribution in [3.8, 4) is 0 Å². The number of methoxy groups -OCH3 is 1. The average Bonchev–Trinajstić information content (AvgIpc) is 2.85. The molecule has 1 N–H and O–H groups in total. The van der Waals surface area contributed by atoms with Crippen LogP contribution in [0, 0.1) is 5.92 Å². The summed E-state index contributed by atoms with van der Waals surface area (Å²) in [6.07, 6.45) is 3.92. The van der Waals surface area contributed by atoms with Gasteiger partial charge in [-0.2, -0.15) is 0 Å². The highest BCUT2D eigenvalue weighted by molar-refractivity contribution is 5.93. The van der Waals surface area contributed by atoms with Crippen LogP contribution in [0.15, 0.2) is 11.8 Å². The molecule has 0 saturated heterocycles. The van der Waals surface area contributed by atoms with Crippen LogP contribution in [0.2, 0.25) is 0 Å². The molecule has 0 aromatic heterocycles. The van der Waals surface area contributed by atoms with Gasteiger partial charge in [-0.1, -0.05) is 6.08 Å². The van der Waals surface area contributed by atoms with Gasteiger partial charge in [0, 0.05) is 6.92 Å². The largest absolute Gasteiger partial charge is 0.464 e. The van der Waals surface area contributed by atoms with Gasteiger partial charge in [-0.05, 0) is 18.8 Å². The number of hydrogen-bond acceptors (Lipinski definition) is 3. The minimum atomic E-state index is -0.484. The minimum Gasteiger partial charge on any atom is -0.464 e. The van der Waals surface area contributed by atoms with Crippen LogP contribution in [0.25, 0.3) is 0 Å². The van der Waals surface area contributed by atoms with Gasteiger partial charge in [-0.3, -0.25) is 4.79 Å². The van der Waals surface area contributed by atoms with E-state index in [9.17, 15) is 9.59 Å². The quantitative estimate of drug-likeness (QED) is 0.514. The van der Waals surface area contributed by atoms with Gasteiger partial charge in [0.25, 0.3) is 0 Å². The molecule has 1 aliphatic carbocycles. The predicted octanol–water partition coefficient (Wildman–Crippen LogP) is 0.589. The van der Waals surface area contributed by atoms with Crippen molar-refractivity contribution in [3.05, 3.63) is 11.8 Å². The number of allylic oxidation sites excluding steroid dienone is 1. The van der Waals surface area contributed by atoms with Crippen molar-refractivity contribution < 1.29 is 14.3 Å². The Morgan fingerprint density at radius 2 is 2.08 bits per heavy atom. The zero-order valence-electron chi connectivity index (χ0n) is 7.79. The number of rotatable bonds is 3. The molecule has 4 nitrogen and oxygen atoms in total. The van der Waals surface area contributed by atoms with Crippen molar-refractivity contribution in [2.24, 2.45) is 5.92 Å².